The zero-order chi connectivity index (χ0) is 8.49. The van der Waals surface area contributed by atoms with E-state index < -0.39 is 0 Å². The van der Waals surface area contributed by atoms with Crippen LogP contribution < -0.4 is 0 Å². The number of allylic oxidation sites excluding steroid dienone is 8. The van der Waals surface area contributed by atoms with E-state index in [-0.39, 0.29) is 0 Å². The lowest BCUT2D eigenvalue weighted by Gasteiger charge is -1.92. The fourth-order valence-corrected chi connectivity index (χ4v) is 1.13. The Labute approximate surface area is 75.0 Å². The van der Waals surface area contributed by atoms with Crippen LogP contribution in [0.25, 0.3) is 0 Å². The summed E-state index contributed by atoms with van der Waals surface area (Å²) >= 11 is 0. The van der Waals surface area contributed by atoms with E-state index in [2.05, 4.69) is 48.6 Å². The van der Waals surface area contributed by atoms with E-state index in [4.69, 9.17) is 0 Å². The third kappa shape index (κ3) is 4.73. The van der Waals surface area contributed by atoms with Gasteiger partial charge in [0.05, 0.1) is 0 Å². The predicted octanol–water partition coefficient (Wildman–Crippen LogP) is 3.79. The van der Waals surface area contributed by atoms with Gasteiger partial charge in [0.15, 0.2) is 0 Å². The van der Waals surface area contributed by atoms with E-state index in [0.29, 0.717) is 0 Å². The molecule has 64 valence electrons. The highest BCUT2D eigenvalue weighted by Crippen LogP contribution is 2.02. The Balaban J connectivity index is 2.43. The van der Waals surface area contributed by atoms with Crippen molar-refractivity contribution >= 4 is 0 Å². The normalized spacial score (nSPS) is 24.0. The molecule has 0 amide bonds. The van der Waals surface area contributed by atoms with Gasteiger partial charge in [-0.05, 0) is 25.7 Å². The molecule has 0 spiro atoms. The molecule has 0 heteroatoms. The first kappa shape index (κ1) is 9.05. The lowest BCUT2D eigenvalue weighted by atomic mass is 10.1. The molecule has 0 bridgehead atoms. The van der Waals surface area contributed by atoms with E-state index in [9.17, 15) is 0 Å². The van der Waals surface area contributed by atoms with Gasteiger partial charge in [-0.2, -0.15) is 0 Å². The Kier molecular flexibility index (Phi) is 5.02. The summed E-state index contributed by atoms with van der Waals surface area (Å²) < 4.78 is 0. The second kappa shape index (κ2) is 6.66. The van der Waals surface area contributed by atoms with Crippen LogP contribution in [0.1, 0.15) is 25.7 Å². The molecular formula is C12H16. The van der Waals surface area contributed by atoms with Crippen molar-refractivity contribution in [2.75, 3.05) is 0 Å². The van der Waals surface area contributed by atoms with Gasteiger partial charge >= 0.3 is 0 Å². The van der Waals surface area contributed by atoms with E-state index in [1.165, 1.54) is 25.7 Å². The fourth-order valence-electron chi connectivity index (χ4n) is 1.13. The maximum absolute atomic E-state index is 2.23. The highest BCUT2D eigenvalue weighted by Gasteiger charge is 1.82. The van der Waals surface area contributed by atoms with Gasteiger partial charge < -0.3 is 0 Å². The minimum atomic E-state index is 1.21. The van der Waals surface area contributed by atoms with Crippen LogP contribution in [0.3, 0.4) is 0 Å². The summed E-state index contributed by atoms with van der Waals surface area (Å²) in [5.74, 6) is 0. The van der Waals surface area contributed by atoms with Gasteiger partial charge in [-0.1, -0.05) is 48.6 Å². The van der Waals surface area contributed by atoms with Crippen LogP contribution in [-0.4, -0.2) is 0 Å². The second-order valence-corrected chi connectivity index (χ2v) is 2.91. The summed E-state index contributed by atoms with van der Waals surface area (Å²) in [7, 11) is 0. The number of rotatable bonds is 0. The monoisotopic (exact) mass is 160 g/mol. The average Bonchev–Trinajstić information content (AvgIpc) is 2.05. The number of hydrogen-bond acceptors (Lipinski definition) is 0. The maximum Gasteiger partial charge on any atom is -0.0347 e. The maximum atomic E-state index is 2.23. The first-order valence-electron chi connectivity index (χ1n) is 4.65. The summed E-state index contributed by atoms with van der Waals surface area (Å²) in [5, 5.41) is 0. The van der Waals surface area contributed by atoms with Crippen molar-refractivity contribution in [1.82, 2.24) is 0 Å². The third-order valence-corrected chi connectivity index (χ3v) is 1.82. The van der Waals surface area contributed by atoms with Crippen molar-refractivity contribution in [1.29, 1.82) is 0 Å². The van der Waals surface area contributed by atoms with Crippen LogP contribution in [0, 0.1) is 0 Å². The molecule has 1 rings (SSSR count). The van der Waals surface area contributed by atoms with Crippen LogP contribution in [0.4, 0.5) is 0 Å². The van der Waals surface area contributed by atoms with Crippen molar-refractivity contribution < 1.29 is 0 Å². The molecule has 0 aliphatic heterocycles. The molecule has 0 N–H and O–H groups in total. The van der Waals surface area contributed by atoms with Crippen molar-refractivity contribution in [3.05, 3.63) is 48.6 Å². The lowest BCUT2D eigenvalue weighted by molar-refractivity contribution is 0.762. The van der Waals surface area contributed by atoms with Gasteiger partial charge in [-0.25, -0.2) is 0 Å². The summed E-state index contributed by atoms with van der Waals surface area (Å²) in [6.45, 7) is 0. The van der Waals surface area contributed by atoms with Crippen molar-refractivity contribution in [2.45, 2.75) is 25.7 Å². The standard InChI is InChI=1S/C12H16/c1-2-4-6-8-10-12-11-9-7-5-3-1/h1-8H,9-12H2/b3-1-,4-2+,7-5?,8-6?. The van der Waals surface area contributed by atoms with Gasteiger partial charge in [0, 0.05) is 0 Å². The molecule has 0 aromatic heterocycles. The zero-order valence-electron chi connectivity index (χ0n) is 7.45. The predicted molar refractivity (Wildman–Crippen MR) is 55.0 cm³/mol. The van der Waals surface area contributed by atoms with Gasteiger partial charge in [-0.3, -0.25) is 0 Å². The van der Waals surface area contributed by atoms with Crippen LogP contribution in [0.5, 0.6) is 0 Å². The first-order chi connectivity index (χ1) is 6.00. The molecule has 0 fully saturated rings. The molecular weight excluding hydrogens is 144 g/mol. The van der Waals surface area contributed by atoms with Gasteiger partial charge in [-0.15, -0.1) is 0 Å². The Morgan fingerprint density at radius 2 is 0.917 bits per heavy atom. The van der Waals surface area contributed by atoms with E-state index >= 15 is 0 Å². The summed E-state index contributed by atoms with van der Waals surface area (Å²) in [4.78, 5) is 0. The van der Waals surface area contributed by atoms with E-state index in [0.717, 1.165) is 0 Å². The highest BCUT2D eigenvalue weighted by molar-refractivity contribution is 5.15. The Bertz CT molecular complexity index is 180. The third-order valence-electron chi connectivity index (χ3n) is 1.82. The molecule has 0 aromatic rings. The van der Waals surface area contributed by atoms with Gasteiger partial charge in [0.25, 0.3) is 0 Å². The molecule has 0 heterocycles. The Morgan fingerprint density at radius 1 is 0.500 bits per heavy atom. The topological polar surface area (TPSA) is 0 Å². The minimum absolute atomic E-state index is 1.21. The molecule has 0 saturated heterocycles. The molecule has 12 heavy (non-hydrogen) atoms. The molecule has 1 aliphatic rings. The van der Waals surface area contributed by atoms with Crippen LogP contribution in [0.15, 0.2) is 48.6 Å². The highest BCUT2D eigenvalue weighted by atomic mass is 13.9. The number of hydrogen-bond donors (Lipinski definition) is 0. The molecule has 0 unspecified atom stereocenters. The fraction of sp³-hybridized carbons (Fsp3) is 0.333. The molecule has 1 aliphatic carbocycles. The van der Waals surface area contributed by atoms with Crippen LogP contribution >= 0.6 is 0 Å². The van der Waals surface area contributed by atoms with E-state index in [1.54, 1.807) is 0 Å². The lowest BCUT2D eigenvalue weighted by Crippen LogP contribution is -1.72. The molecule has 0 aromatic carbocycles. The van der Waals surface area contributed by atoms with Crippen molar-refractivity contribution in [2.24, 2.45) is 0 Å². The van der Waals surface area contributed by atoms with Gasteiger partial charge in [0.2, 0.25) is 0 Å². The first-order valence-corrected chi connectivity index (χ1v) is 4.65. The Hall–Kier alpha value is -1.04. The molecule has 0 atom stereocenters. The summed E-state index contributed by atoms with van der Waals surface area (Å²) in [5.41, 5.74) is 0. The summed E-state index contributed by atoms with van der Waals surface area (Å²) in [6, 6.07) is 0. The summed E-state index contributed by atoms with van der Waals surface area (Å²) in [6.07, 6.45) is 22.0. The Morgan fingerprint density at radius 3 is 1.42 bits per heavy atom. The van der Waals surface area contributed by atoms with E-state index in [1.807, 2.05) is 0 Å². The van der Waals surface area contributed by atoms with Crippen LogP contribution in [-0.2, 0) is 0 Å². The van der Waals surface area contributed by atoms with Crippen molar-refractivity contribution in [3.8, 4) is 0 Å². The average molecular weight is 160 g/mol. The minimum Gasteiger partial charge on any atom is -0.0845 e. The van der Waals surface area contributed by atoms with Gasteiger partial charge in [0.1, 0.15) is 0 Å². The quantitative estimate of drug-likeness (QED) is 0.506. The largest absolute Gasteiger partial charge is 0.0845 e. The molecule has 0 nitrogen and oxygen atoms in total. The van der Waals surface area contributed by atoms with Crippen molar-refractivity contribution in [3.63, 3.8) is 0 Å². The second-order valence-electron chi connectivity index (χ2n) is 2.91. The molecule has 0 radical (unpaired) electrons. The van der Waals surface area contributed by atoms with Crippen LogP contribution in [0.2, 0.25) is 0 Å². The SMILES string of the molecule is C1=CCCCCC=C/C=C/C=C\1. The smallest absolute Gasteiger partial charge is 0.0347 e. The zero-order valence-corrected chi connectivity index (χ0v) is 7.45. The molecule has 0 saturated carbocycles.